The van der Waals surface area contributed by atoms with Crippen LogP contribution in [-0.4, -0.2) is 78.8 Å². The first-order valence-electron chi connectivity index (χ1n) is 12.0. The Morgan fingerprint density at radius 2 is 1.06 bits per heavy atom. The van der Waals surface area contributed by atoms with Crippen LogP contribution in [0.15, 0.2) is 0 Å². The predicted molar refractivity (Wildman–Crippen MR) is 131 cm³/mol. The summed E-state index contributed by atoms with van der Waals surface area (Å²) in [5, 5.41) is 3.00. The van der Waals surface area contributed by atoms with Crippen LogP contribution >= 0.6 is 0 Å². The Morgan fingerprint density at radius 3 is 1.52 bits per heavy atom. The molecule has 0 aromatic heterocycles. The molecule has 200 valence electrons. The maximum atomic E-state index is 11.7. The molecule has 0 radical (unpaired) electrons. The smallest absolute Gasteiger partial charge is 0.264 e. The molecule has 0 aliphatic rings. The minimum absolute atomic E-state index is 0. The summed E-state index contributed by atoms with van der Waals surface area (Å²) in [4.78, 5) is 11.7. The average Bonchev–Trinajstić information content (AvgIpc) is 2.70. The van der Waals surface area contributed by atoms with E-state index >= 15 is 0 Å². The van der Waals surface area contributed by atoms with Gasteiger partial charge in [-0.2, -0.15) is 8.42 Å². The maximum absolute atomic E-state index is 11.7. The lowest BCUT2D eigenvalue weighted by Crippen LogP contribution is -2.35. The third-order valence-corrected chi connectivity index (χ3v) is 5.30. The standard InChI is InChI=1S/C23H47NO7S.H2O/c1-23(2,3)22(25)24-14-12-10-8-6-5-7-9-11-13-15-28-16-17-29-18-19-30-20-21-31-32(4,26)27;/h5-21H2,1-4H3,(H,24,25);1H2. The van der Waals surface area contributed by atoms with Gasteiger partial charge >= 0.3 is 0 Å². The van der Waals surface area contributed by atoms with Crippen LogP contribution in [0.4, 0.5) is 0 Å². The van der Waals surface area contributed by atoms with Crippen molar-refractivity contribution in [2.24, 2.45) is 5.41 Å². The van der Waals surface area contributed by atoms with Gasteiger partial charge < -0.3 is 25.0 Å². The number of nitrogens with one attached hydrogen (secondary N) is 1. The van der Waals surface area contributed by atoms with Gasteiger partial charge in [0.2, 0.25) is 5.91 Å². The molecule has 0 bridgehead atoms. The first-order valence-corrected chi connectivity index (χ1v) is 13.8. The number of hydrogen-bond acceptors (Lipinski definition) is 7. The summed E-state index contributed by atoms with van der Waals surface area (Å²) in [5.41, 5.74) is -0.296. The molecule has 0 rings (SSSR count). The molecule has 9 nitrogen and oxygen atoms in total. The van der Waals surface area contributed by atoms with Crippen molar-refractivity contribution in [3.05, 3.63) is 0 Å². The first-order chi connectivity index (χ1) is 15.1. The summed E-state index contributed by atoms with van der Waals surface area (Å²) < 4.78 is 42.2. The number of carbonyl (C=O) groups is 1. The minimum atomic E-state index is -3.39. The molecule has 0 saturated heterocycles. The van der Waals surface area contributed by atoms with Crippen molar-refractivity contribution in [1.29, 1.82) is 0 Å². The molecule has 0 aliphatic carbocycles. The zero-order valence-electron chi connectivity index (χ0n) is 21.3. The number of hydrogen-bond donors (Lipinski definition) is 1. The highest BCUT2D eigenvalue weighted by Gasteiger charge is 2.19. The Hall–Kier alpha value is -0.780. The molecule has 0 aromatic rings. The van der Waals surface area contributed by atoms with Gasteiger partial charge in [-0.3, -0.25) is 8.98 Å². The molecule has 0 saturated carbocycles. The van der Waals surface area contributed by atoms with Gasteiger partial charge in [-0.05, 0) is 12.8 Å². The van der Waals surface area contributed by atoms with Crippen molar-refractivity contribution in [3.8, 4) is 0 Å². The molecule has 3 N–H and O–H groups in total. The zero-order valence-corrected chi connectivity index (χ0v) is 22.1. The van der Waals surface area contributed by atoms with E-state index in [4.69, 9.17) is 14.2 Å². The third kappa shape index (κ3) is 27.3. The van der Waals surface area contributed by atoms with Crippen molar-refractivity contribution >= 4 is 16.0 Å². The minimum Gasteiger partial charge on any atom is -0.412 e. The number of amides is 1. The second-order valence-electron chi connectivity index (χ2n) is 9.05. The Morgan fingerprint density at radius 1 is 0.667 bits per heavy atom. The number of rotatable bonds is 22. The van der Waals surface area contributed by atoms with Gasteiger partial charge in [-0.15, -0.1) is 0 Å². The van der Waals surface area contributed by atoms with Crippen LogP contribution in [0.1, 0.15) is 78.6 Å². The van der Waals surface area contributed by atoms with E-state index in [1.807, 2.05) is 20.8 Å². The lowest BCUT2D eigenvalue weighted by molar-refractivity contribution is -0.128. The molecular weight excluding hydrogens is 450 g/mol. The van der Waals surface area contributed by atoms with Crippen LogP contribution in [0.25, 0.3) is 0 Å². The Labute approximate surface area is 201 Å². The Balaban J connectivity index is 0. The quantitative estimate of drug-likeness (QED) is 0.179. The fourth-order valence-electron chi connectivity index (χ4n) is 2.82. The van der Waals surface area contributed by atoms with E-state index in [1.54, 1.807) is 0 Å². The molecule has 33 heavy (non-hydrogen) atoms. The van der Waals surface area contributed by atoms with E-state index in [9.17, 15) is 13.2 Å². The number of unbranched alkanes of at least 4 members (excludes halogenated alkanes) is 8. The van der Waals surface area contributed by atoms with E-state index in [2.05, 4.69) is 9.50 Å². The van der Waals surface area contributed by atoms with Gasteiger partial charge in [0.25, 0.3) is 10.1 Å². The fraction of sp³-hybridized carbons (Fsp3) is 0.957. The van der Waals surface area contributed by atoms with Gasteiger partial charge in [-0.1, -0.05) is 65.7 Å². The van der Waals surface area contributed by atoms with Gasteiger partial charge in [-0.25, -0.2) is 0 Å². The number of ether oxygens (including phenoxy) is 3. The molecule has 10 heteroatoms. The highest BCUT2D eigenvalue weighted by atomic mass is 32.2. The largest absolute Gasteiger partial charge is 0.412 e. The van der Waals surface area contributed by atoms with Crippen LogP contribution in [0.2, 0.25) is 0 Å². The van der Waals surface area contributed by atoms with Gasteiger partial charge in [0, 0.05) is 18.6 Å². The summed E-state index contributed by atoms with van der Waals surface area (Å²) in [6, 6.07) is 0. The first kappa shape index (κ1) is 34.4. The van der Waals surface area contributed by atoms with Gasteiger partial charge in [0.15, 0.2) is 0 Å². The maximum Gasteiger partial charge on any atom is 0.264 e. The third-order valence-electron chi connectivity index (χ3n) is 4.70. The van der Waals surface area contributed by atoms with E-state index in [1.165, 1.54) is 44.9 Å². The lowest BCUT2D eigenvalue weighted by atomic mass is 9.96. The van der Waals surface area contributed by atoms with Crippen molar-refractivity contribution in [1.82, 2.24) is 5.32 Å². The van der Waals surface area contributed by atoms with Crippen molar-refractivity contribution in [2.75, 3.05) is 59.0 Å². The summed E-state index contributed by atoms with van der Waals surface area (Å²) in [5.74, 6) is 0.135. The monoisotopic (exact) mass is 499 g/mol. The van der Waals surface area contributed by atoms with Crippen molar-refractivity contribution < 1.29 is 37.1 Å². The van der Waals surface area contributed by atoms with Crippen LogP contribution in [0, 0.1) is 5.41 Å². The van der Waals surface area contributed by atoms with Crippen LogP contribution in [0.5, 0.6) is 0 Å². The molecular formula is C23H49NO8S. The van der Waals surface area contributed by atoms with Crippen molar-refractivity contribution in [2.45, 2.75) is 78.6 Å². The van der Waals surface area contributed by atoms with Crippen LogP contribution in [-0.2, 0) is 33.3 Å². The average molecular weight is 500 g/mol. The number of carbonyl (C=O) groups excluding carboxylic acids is 1. The molecule has 0 aliphatic heterocycles. The lowest BCUT2D eigenvalue weighted by Gasteiger charge is -2.17. The molecule has 0 aromatic carbocycles. The highest BCUT2D eigenvalue weighted by Crippen LogP contribution is 2.13. The summed E-state index contributed by atoms with van der Waals surface area (Å²) in [6.45, 7) is 9.59. The second kappa shape index (κ2) is 21.7. The molecule has 1 amide bonds. The molecule has 0 atom stereocenters. The van der Waals surface area contributed by atoms with Crippen LogP contribution < -0.4 is 5.32 Å². The van der Waals surface area contributed by atoms with E-state index < -0.39 is 10.1 Å². The highest BCUT2D eigenvalue weighted by molar-refractivity contribution is 7.85. The van der Waals surface area contributed by atoms with E-state index in [0.29, 0.717) is 26.4 Å². The van der Waals surface area contributed by atoms with Gasteiger partial charge in [0.05, 0.1) is 45.9 Å². The fourth-order valence-corrected chi connectivity index (χ4v) is 3.19. The summed E-state index contributed by atoms with van der Waals surface area (Å²) >= 11 is 0. The topological polar surface area (TPSA) is 132 Å². The van der Waals surface area contributed by atoms with Crippen molar-refractivity contribution in [3.63, 3.8) is 0 Å². The summed E-state index contributed by atoms with van der Waals surface area (Å²) in [6.07, 6.45) is 11.9. The molecule has 0 heterocycles. The van der Waals surface area contributed by atoms with E-state index in [-0.39, 0.29) is 30.0 Å². The molecule has 0 spiro atoms. The Kier molecular flexibility index (Phi) is 22.6. The normalized spacial score (nSPS) is 11.9. The second-order valence-corrected chi connectivity index (χ2v) is 10.7. The van der Waals surface area contributed by atoms with Gasteiger partial charge in [0.1, 0.15) is 0 Å². The predicted octanol–water partition coefficient (Wildman–Crippen LogP) is 2.86. The van der Waals surface area contributed by atoms with E-state index in [0.717, 1.165) is 32.2 Å². The molecule has 0 unspecified atom stereocenters. The SMILES string of the molecule is CC(C)(C)C(=O)NCCCCCCCCCCCOCCOCCOCCOS(C)(=O)=O.O. The molecule has 0 fully saturated rings. The Bertz CT molecular complexity index is 549. The van der Waals surface area contributed by atoms with Crippen LogP contribution in [0.3, 0.4) is 0 Å². The zero-order chi connectivity index (χ0) is 24.1. The summed E-state index contributed by atoms with van der Waals surface area (Å²) in [7, 11) is -3.39.